The normalized spacial score (nSPS) is 11.8. The van der Waals surface area contributed by atoms with Crippen molar-refractivity contribution in [2.75, 3.05) is 14.2 Å². The average Bonchev–Trinajstić information content (AvgIpc) is 2.38. The summed E-state index contributed by atoms with van der Waals surface area (Å²) in [5, 5.41) is 18.3. The van der Waals surface area contributed by atoms with Gasteiger partial charge in [-0.2, -0.15) is 0 Å². The topological polar surface area (TPSA) is 76.0 Å². The van der Waals surface area contributed by atoms with Crippen LogP contribution in [0.5, 0.6) is 0 Å². The average molecular weight is 250 g/mol. The second-order valence-electron chi connectivity index (χ2n) is 3.44. The molecule has 0 aliphatic carbocycles. The van der Waals surface area contributed by atoms with Gasteiger partial charge in [-0.1, -0.05) is 11.8 Å². The number of methoxy groups -OCH3 is 2. The Hall–Kier alpha value is -1.87. The summed E-state index contributed by atoms with van der Waals surface area (Å²) in [6, 6.07) is 6.03. The molecule has 0 aliphatic rings. The zero-order valence-corrected chi connectivity index (χ0v) is 10.1. The van der Waals surface area contributed by atoms with E-state index >= 15 is 0 Å². The molecule has 1 aromatic rings. The number of ether oxygens (including phenoxy) is 2. The molecule has 0 bridgehead atoms. The molecule has 0 radical (unpaired) electrons. The smallest absolute Gasteiger partial charge is 0.335 e. The van der Waals surface area contributed by atoms with E-state index in [1.165, 1.54) is 26.4 Å². The molecule has 5 heteroatoms. The van der Waals surface area contributed by atoms with Crippen LogP contribution in [0.2, 0.25) is 0 Å². The minimum absolute atomic E-state index is 0.188. The summed E-state index contributed by atoms with van der Waals surface area (Å²) >= 11 is 0. The van der Waals surface area contributed by atoms with Crippen molar-refractivity contribution >= 4 is 5.97 Å². The van der Waals surface area contributed by atoms with Gasteiger partial charge in [0.1, 0.15) is 0 Å². The van der Waals surface area contributed by atoms with Gasteiger partial charge in [0.2, 0.25) is 0 Å². The van der Waals surface area contributed by atoms with Gasteiger partial charge in [-0.05, 0) is 24.3 Å². The molecule has 1 unspecified atom stereocenters. The molecule has 1 atom stereocenters. The summed E-state index contributed by atoms with van der Waals surface area (Å²) < 4.78 is 9.70. The van der Waals surface area contributed by atoms with Crippen LogP contribution in [-0.2, 0) is 9.47 Å². The Bertz CT molecular complexity index is 451. The number of aliphatic hydroxyl groups is 1. The Morgan fingerprint density at radius 1 is 1.22 bits per heavy atom. The molecule has 0 heterocycles. The number of carboxylic acid groups (broad SMARTS) is 1. The van der Waals surface area contributed by atoms with E-state index in [0.717, 1.165) is 0 Å². The Balaban J connectivity index is 2.76. The first kappa shape index (κ1) is 14.2. The number of hydrogen-bond acceptors (Lipinski definition) is 4. The largest absolute Gasteiger partial charge is 0.478 e. The van der Waals surface area contributed by atoms with Crippen molar-refractivity contribution in [2.45, 2.75) is 12.4 Å². The number of hydrogen-bond donors (Lipinski definition) is 2. The number of carbonyl (C=O) groups is 1. The summed E-state index contributed by atoms with van der Waals surface area (Å²) in [5.74, 6) is 4.27. The van der Waals surface area contributed by atoms with Crippen molar-refractivity contribution in [3.63, 3.8) is 0 Å². The number of benzene rings is 1. The summed E-state index contributed by atoms with van der Waals surface area (Å²) in [5.41, 5.74) is 0.790. The summed E-state index contributed by atoms with van der Waals surface area (Å²) in [4.78, 5) is 10.6. The molecule has 0 aliphatic heterocycles. The quantitative estimate of drug-likeness (QED) is 0.608. The fourth-order valence-corrected chi connectivity index (χ4v) is 1.28. The predicted octanol–water partition coefficient (Wildman–Crippen LogP) is 0.716. The van der Waals surface area contributed by atoms with E-state index in [2.05, 4.69) is 11.8 Å². The SMILES string of the molecule is COC(OC)C(O)C#Cc1ccc(C(=O)O)cc1. The van der Waals surface area contributed by atoms with Crippen molar-refractivity contribution in [3.8, 4) is 11.8 Å². The third kappa shape index (κ3) is 3.86. The van der Waals surface area contributed by atoms with Crippen LogP contribution in [0.15, 0.2) is 24.3 Å². The Kier molecular flexibility index (Phi) is 5.33. The van der Waals surface area contributed by atoms with E-state index in [0.29, 0.717) is 5.56 Å². The van der Waals surface area contributed by atoms with Crippen molar-refractivity contribution < 1.29 is 24.5 Å². The van der Waals surface area contributed by atoms with E-state index in [9.17, 15) is 9.90 Å². The Labute approximate surface area is 105 Å². The van der Waals surface area contributed by atoms with Gasteiger partial charge in [0.05, 0.1) is 5.56 Å². The fourth-order valence-electron chi connectivity index (χ4n) is 1.28. The van der Waals surface area contributed by atoms with Gasteiger partial charge in [0.25, 0.3) is 0 Å². The van der Waals surface area contributed by atoms with Crippen LogP contribution in [-0.4, -0.2) is 42.8 Å². The molecule has 0 aromatic heterocycles. The first-order valence-corrected chi connectivity index (χ1v) is 5.17. The standard InChI is InChI=1S/C13H14O5/c1-17-13(18-2)11(14)8-5-9-3-6-10(7-4-9)12(15)16/h3-4,6-7,11,13-14H,1-2H3,(H,15,16). The summed E-state index contributed by atoms with van der Waals surface area (Å²) in [6.07, 6.45) is -1.88. The van der Waals surface area contributed by atoms with Gasteiger partial charge < -0.3 is 19.7 Å². The fraction of sp³-hybridized carbons (Fsp3) is 0.308. The van der Waals surface area contributed by atoms with Crippen LogP contribution in [0, 0.1) is 11.8 Å². The van der Waals surface area contributed by atoms with Crippen LogP contribution in [0.4, 0.5) is 0 Å². The lowest BCUT2D eigenvalue weighted by molar-refractivity contribution is -0.147. The molecule has 0 amide bonds. The van der Waals surface area contributed by atoms with Gasteiger partial charge >= 0.3 is 5.97 Å². The van der Waals surface area contributed by atoms with Crippen molar-refractivity contribution in [1.29, 1.82) is 0 Å². The van der Waals surface area contributed by atoms with E-state index in [4.69, 9.17) is 14.6 Å². The van der Waals surface area contributed by atoms with Gasteiger partial charge in [-0.15, -0.1) is 0 Å². The third-order valence-electron chi connectivity index (χ3n) is 2.22. The number of rotatable bonds is 4. The maximum absolute atomic E-state index is 10.6. The zero-order valence-electron chi connectivity index (χ0n) is 10.1. The number of aromatic carboxylic acids is 1. The van der Waals surface area contributed by atoms with Gasteiger partial charge in [-0.25, -0.2) is 4.79 Å². The van der Waals surface area contributed by atoms with Crippen LogP contribution >= 0.6 is 0 Å². The third-order valence-corrected chi connectivity index (χ3v) is 2.22. The van der Waals surface area contributed by atoms with E-state index in [1.807, 2.05) is 0 Å². The minimum atomic E-state index is -1.07. The van der Waals surface area contributed by atoms with E-state index in [-0.39, 0.29) is 5.56 Å². The predicted molar refractivity (Wildman–Crippen MR) is 64.1 cm³/mol. The lowest BCUT2D eigenvalue weighted by atomic mass is 10.1. The molecule has 0 spiro atoms. The van der Waals surface area contributed by atoms with Gasteiger partial charge in [-0.3, -0.25) is 0 Å². The van der Waals surface area contributed by atoms with Crippen molar-refractivity contribution in [1.82, 2.24) is 0 Å². The molecule has 0 saturated carbocycles. The highest BCUT2D eigenvalue weighted by molar-refractivity contribution is 5.87. The Morgan fingerprint density at radius 3 is 2.22 bits per heavy atom. The molecule has 5 nitrogen and oxygen atoms in total. The van der Waals surface area contributed by atoms with Crippen LogP contribution in [0.25, 0.3) is 0 Å². The van der Waals surface area contributed by atoms with Gasteiger partial charge in [0.15, 0.2) is 12.4 Å². The maximum Gasteiger partial charge on any atom is 0.335 e. The first-order chi connectivity index (χ1) is 8.58. The monoisotopic (exact) mass is 250 g/mol. The lowest BCUT2D eigenvalue weighted by Gasteiger charge is -2.14. The lowest BCUT2D eigenvalue weighted by Crippen LogP contribution is -2.28. The highest BCUT2D eigenvalue weighted by Gasteiger charge is 2.14. The molecular formula is C13H14O5. The summed E-state index contributed by atoms with van der Waals surface area (Å²) in [6.45, 7) is 0. The van der Waals surface area contributed by atoms with E-state index < -0.39 is 18.4 Å². The number of aliphatic hydroxyl groups excluding tert-OH is 1. The number of carboxylic acids is 1. The molecule has 0 saturated heterocycles. The zero-order chi connectivity index (χ0) is 13.5. The molecule has 0 fully saturated rings. The Morgan fingerprint density at radius 2 is 1.78 bits per heavy atom. The first-order valence-electron chi connectivity index (χ1n) is 5.17. The van der Waals surface area contributed by atoms with Crippen LogP contribution in [0.1, 0.15) is 15.9 Å². The molecule has 2 N–H and O–H groups in total. The molecule has 1 rings (SSSR count). The van der Waals surface area contributed by atoms with Crippen molar-refractivity contribution in [2.24, 2.45) is 0 Å². The summed E-state index contributed by atoms with van der Waals surface area (Å²) in [7, 11) is 2.81. The minimum Gasteiger partial charge on any atom is -0.478 e. The highest BCUT2D eigenvalue weighted by atomic mass is 16.7. The van der Waals surface area contributed by atoms with Crippen LogP contribution in [0.3, 0.4) is 0 Å². The van der Waals surface area contributed by atoms with E-state index in [1.54, 1.807) is 12.1 Å². The molecular weight excluding hydrogens is 236 g/mol. The second-order valence-corrected chi connectivity index (χ2v) is 3.44. The van der Waals surface area contributed by atoms with Crippen molar-refractivity contribution in [3.05, 3.63) is 35.4 Å². The van der Waals surface area contributed by atoms with Crippen LogP contribution < -0.4 is 0 Å². The maximum atomic E-state index is 10.6. The second kappa shape index (κ2) is 6.77. The molecule has 96 valence electrons. The molecule has 1 aromatic carbocycles. The highest BCUT2D eigenvalue weighted by Crippen LogP contribution is 2.04. The van der Waals surface area contributed by atoms with Gasteiger partial charge in [0, 0.05) is 19.8 Å². The molecule has 18 heavy (non-hydrogen) atoms.